The van der Waals surface area contributed by atoms with E-state index in [0.717, 1.165) is 24.0 Å². The van der Waals surface area contributed by atoms with Crippen LogP contribution in [0.3, 0.4) is 0 Å². The minimum Gasteiger partial charge on any atom is -0.744 e. The molecule has 0 aromatic heterocycles. The van der Waals surface area contributed by atoms with Gasteiger partial charge in [-0.2, -0.15) is 0 Å². The van der Waals surface area contributed by atoms with E-state index in [-0.39, 0.29) is 34.5 Å². The number of benzene rings is 2. The van der Waals surface area contributed by atoms with E-state index in [1.54, 1.807) is 18.2 Å². The molecule has 5 heteroatoms. The molecule has 0 N–H and O–H groups in total. The quantitative estimate of drug-likeness (QED) is 0.412. The SMILES string of the molecule is CCCCCCCc1ccccc1-c1ccccc1S(=O)(=O)[O-].[Na+]. The van der Waals surface area contributed by atoms with Gasteiger partial charge in [-0.15, -0.1) is 0 Å². The second kappa shape index (κ2) is 10.4. The van der Waals surface area contributed by atoms with Crippen LogP contribution < -0.4 is 29.6 Å². The monoisotopic (exact) mass is 354 g/mol. The Morgan fingerprint density at radius 1 is 0.833 bits per heavy atom. The van der Waals surface area contributed by atoms with Gasteiger partial charge in [0.1, 0.15) is 10.1 Å². The summed E-state index contributed by atoms with van der Waals surface area (Å²) in [5, 5.41) is 0. The maximum Gasteiger partial charge on any atom is 1.00 e. The van der Waals surface area contributed by atoms with E-state index >= 15 is 0 Å². The molecule has 0 unspecified atom stereocenters. The summed E-state index contributed by atoms with van der Waals surface area (Å²) >= 11 is 0. The van der Waals surface area contributed by atoms with Gasteiger partial charge in [0.15, 0.2) is 0 Å². The van der Waals surface area contributed by atoms with E-state index < -0.39 is 10.1 Å². The molecule has 24 heavy (non-hydrogen) atoms. The van der Waals surface area contributed by atoms with Gasteiger partial charge in [-0.05, 0) is 35.6 Å². The zero-order chi connectivity index (χ0) is 16.7. The largest absolute Gasteiger partial charge is 1.00 e. The van der Waals surface area contributed by atoms with Crippen LogP contribution in [0.5, 0.6) is 0 Å². The molecule has 0 aliphatic carbocycles. The zero-order valence-electron chi connectivity index (χ0n) is 14.5. The topological polar surface area (TPSA) is 57.2 Å². The first-order valence-electron chi connectivity index (χ1n) is 8.17. The fourth-order valence-electron chi connectivity index (χ4n) is 2.83. The Morgan fingerprint density at radius 2 is 1.42 bits per heavy atom. The van der Waals surface area contributed by atoms with Gasteiger partial charge in [-0.25, -0.2) is 8.42 Å². The third-order valence-corrected chi connectivity index (χ3v) is 4.91. The molecule has 0 radical (unpaired) electrons. The normalized spacial score (nSPS) is 11.1. The van der Waals surface area contributed by atoms with Crippen LogP contribution in [-0.2, 0) is 16.5 Å². The van der Waals surface area contributed by atoms with Crippen molar-refractivity contribution < 1.29 is 42.5 Å². The van der Waals surface area contributed by atoms with Gasteiger partial charge in [0, 0.05) is 0 Å². The summed E-state index contributed by atoms with van der Waals surface area (Å²) in [5.74, 6) is 0. The number of hydrogen-bond donors (Lipinski definition) is 0. The van der Waals surface area contributed by atoms with Crippen LogP contribution in [-0.4, -0.2) is 13.0 Å². The van der Waals surface area contributed by atoms with Crippen molar-refractivity contribution in [1.82, 2.24) is 0 Å². The number of unbranched alkanes of at least 4 members (excludes halogenated alkanes) is 4. The molecule has 2 rings (SSSR count). The first-order valence-corrected chi connectivity index (χ1v) is 9.58. The van der Waals surface area contributed by atoms with Gasteiger partial charge in [0.25, 0.3) is 0 Å². The number of hydrogen-bond acceptors (Lipinski definition) is 3. The maximum atomic E-state index is 11.5. The van der Waals surface area contributed by atoms with Crippen molar-refractivity contribution in [2.45, 2.75) is 50.3 Å². The minimum atomic E-state index is -4.48. The van der Waals surface area contributed by atoms with Crippen molar-refractivity contribution in [3.05, 3.63) is 54.1 Å². The second-order valence-electron chi connectivity index (χ2n) is 5.77. The Kier molecular flexibility index (Phi) is 9.24. The van der Waals surface area contributed by atoms with E-state index in [4.69, 9.17) is 0 Å². The molecule has 0 saturated heterocycles. The number of rotatable bonds is 8. The summed E-state index contributed by atoms with van der Waals surface area (Å²) in [6.07, 6.45) is 6.83. The molecule has 0 spiro atoms. The fourth-order valence-corrected chi connectivity index (χ4v) is 3.52. The first-order chi connectivity index (χ1) is 11.0. The van der Waals surface area contributed by atoms with Crippen molar-refractivity contribution in [3.8, 4) is 11.1 Å². The third-order valence-electron chi connectivity index (χ3n) is 4.01. The van der Waals surface area contributed by atoms with E-state index in [1.807, 2.05) is 24.3 Å². The predicted molar refractivity (Wildman–Crippen MR) is 92.3 cm³/mol. The Labute approximate surface area is 167 Å². The Balaban J connectivity index is 0.00000288. The van der Waals surface area contributed by atoms with Gasteiger partial charge >= 0.3 is 29.6 Å². The summed E-state index contributed by atoms with van der Waals surface area (Å²) in [6, 6.07) is 14.2. The fraction of sp³-hybridized carbons (Fsp3) is 0.368. The van der Waals surface area contributed by atoms with Gasteiger partial charge in [-0.1, -0.05) is 75.1 Å². The van der Waals surface area contributed by atoms with Gasteiger partial charge < -0.3 is 4.55 Å². The molecular weight excluding hydrogens is 331 g/mol. The standard InChI is InChI=1S/C19H24O3S.Na/c1-2-3-4-5-6-11-16-12-7-8-13-17(16)18-14-9-10-15-19(18)23(20,21)22;/h7-10,12-15H,2-6,11H2,1H3,(H,20,21,22);/q;+1/p-1. The van der Waals surface area contributed by atoms with Gasteiger partial charge in [0.2, 0.25) is 0 Å². The molecule has 0 fully saturated rings. The third kappa shape index (κ3) is 6.01. The van der Waals surface area contributed by atoms with Crippen molar-refractivity contribution in [2.24, 2.45) is 0 Å². The van der Waals surface area contributed by atoms with Crippen molar-refractivity contribution >= 4 is 10.1 Å². The van der Waals surface area contributed by atoms with E-state index in [9.17, 15) is 13.0 Å². The predicted octanol–water partition coefficient (Wildman–Crippen LogP) is 1.77. The average molecular weight is 354 g/mol. The van der Waals surface area contributed by atoms with E-state index in [1.165, 1.54) is 31.7 Å². The molecule has 2 aromatic carbocycles. The summed E-state index contributed by atoms with van der Waals surface area (Å²) < 4.78 is 34.5. The number of aryl methyl sites for hydroxylation is 1. The van der Waals surface area contributed by atoms with Crippen LogP contribution in [0.1, 0.15) is 44.6 Å². The molecule has 0 atom stereocenters. The van der Waals surface area contributed by atoms with Crippen LogP contribution in [0.15, 0.2) is 53.4 Å². The van der Waals surface area contributed by atoms with Crippen molar-refractivity contribution in [2.75, 3.05) is 0 Å². The molecule has 0 aliphatic rings. The second-order valence-corrected chi connectivity index (χ2v) is 7.12. The molecule has 0 saturated carbocycles. The molecular formula is C19H23NaO3S. The minimum absolute atomic E-state index is 0. The molecule has 0 heterocycles. The molecule has 124 valence electrons. The van der Waals surface area contributed by atoms with Gasteiger partial charge in [0.05, 0.1) is 4.90 Å². The van der Waals surface area contributed by atoms with Gasteiger partial charge in [-0.3, -0.25) is 0 Å². The first kappa shape index (κ1) is 21.4. The maximum absolute atomic E-state index is 11.5. The molecule has 0 bridgehead atoms. The van der Waals surface area contributed by atoms with E-state index in [2.05, 4.69) is 6.92 Å². The molecule has 2 aromatic rings. The summed E-state index contributed by atoms with van der Waals surface area (Å²) in [5.41, 5.74) is 2.45. The van der Waals surface area contributed by atoms with Crippen molar-refractivity contribution in [1.29, 1.82) is 0 Å². The summed E-state index contributed by atoms with van der Waals surface area (Å²) in [7, 11) is -4.48. The summed E-state index contributed by atoms with van der Waals surface area (Å²) in [6.45, 7) is 2.19. The van der Waals surface area contributed by atoms with Crippen LogP contribution in [0, 0.1) is 0 Å². The Morgan fingerprint density at radius 3 is 2.08 bits per heavy atom. The molecule has 0 aliphatic heterocycles. The Bertz CT molecular complexity index is 742. The van der Waals surface area contributed by atoms with Crippen LogP contribution in [0.4, 0.5) is 0 Å². The zero-order valence-corrected chi connectivity index (χ0v) is 17.3. The average Bonchev–Trinajstić information content (AvgIpc) is 2.54. The Hall–Kier alpha value is -0.650. The van der Waals surface area contributed by atoms with Crippen molar-refractivity contribution in [3.63, 3.8) is 0 Å². The van der Waals surface area contributed by atoms with Crippen LogP contribution in [0.25, 0.3) is 11.1 Å². The summed E-state index contributed by atoms with van der Waals surface area (Å²) in [4.78, 5) is -0.140. The van der Waals surface area contributed by atoms with E-state index in [0.29, 0.717) is 5.56 Å². The van der Waals surface area contributed by atoms with Crippen LogP contribution >= 0.6 is 0 Å². The van der Waals surface area contributed by atoms with Crippen LogP contribution in [0.2, 0.25) is 0 Å². The smallest absolute Gasteiger partial charge is 0.744 e. The molecule has 3 nitrogen and oxygen atoms in total. The molecule has 0 amide bonds.